The van der Waals surface area contributed by atoms with Crippen molar-refractivity contribution in [3.8, 4) is 0 Å². The second-order valence-electron chi connectivity index (χ2n) is 4.91. The normalized spacial score (nSPS) is 23.2. The Balaban J connectivity index is 1.98. The Labute approximate surface area is 97.9 Å². The van der Waals surface area contributed by atoms with Gasteiger partial charge in [0, 0.05) is 26.3 Å². The number of hydrogen-bond donors (Lipinski definition) is 1. The largest absolute Gasteiger partial charge is 0.359 e. The van der Waals surface area contributed by atoms with Crippen molar-refractivity contribution >= 4 is 5.82 Å². The van der Waals surface area contributed by atoms with Gasteiger partial charge < -0.3 is 10.2 Å². The van der Waals surface area contributed by atoms with E-state index in [0.29, 0.717) is 0 Å². The molecule has 1 aliphatic rings. The Hall–Kier alpha value is -1.09. The lowest BCUT2D eigenvalue weighted by Gasteiger charge is -2.18. The molecule has 1 N–H and O–H groups in total. The Morgan fingerprint density at radius 3 is 2.94 bits per heavy atom. The van der Waals surface area contributed by atoms with E-state index in [0.717, 1.165) is 30.7 Å². The third-order valence-corrected chi connectivity index (χ3v) is 3.37. The highest BCUT2D eigenvalue weighted by Gasteiger charge is 2.33. The number of aromatic nitrogens is 1. The molecule has 0 aromatic carbocycles. The molecule has 1 saturated carbocycles. The number of nitrogens with zero attached hydrogens (tertiary/aromatic N) is 2. The molecule has 0 radical (unpaired) electrons. The second kappa shape index (κ2) is 4.83. The van der Waals surface area contributed by atoms with Crippen LogP contribution in [-0.2, 0) is 6.54 Å². The highest BCUT2D eigenvalue weighted by Crippen LogP contribution is 2.38. The second-order valence-corrected chi connectivity index (χ2v) is 4.91. The summed E-state index contributed by atoms with van der Waals surface area (Å²) >= 11 is 0. The minimum atomic E-state index is 0.875. The molecule has 0 spiro atoms. The van der Waals surface area contributed by atoms with E-state index in [-0.39, 0.29) is 0 Å². The summed E-state index contributed by atoms with van der Waals surface area (Å²) in [6, 6.07) is 4.23. The maximum Gasteiger partial charge on any atom is 0.128 e. The number of nitrogens with one attached hydrogen (secondary N) is 1. The fourth-order valence-electron chi connectivity index (χ4n) is 2.08. The molecule has 1 aliphatic carbocycles. The highest BCUT2D eigenvalue weighted by molar-refractivity contribution is 5.40. The van der Waals surface area contributed by atoms with E-state index < -0.39 is 0 Å². The molecule has 2 rings (SSSR count). The van der Waals surface area contributed by atoms with Crippen LogP contribution in [0.2, 0.25) is 0 Å². The SMILES string of the molecule is CNCc1ccnc(N(C)CC2CC2C)c1. The summed E-state index contributed by atoms with van der Waals surface area (Å²) in [5.41, 5.74) is 1.29. The molecule has 2 unspecified atom stereocenters. The van der Waals surface area contributed by atoms with Gasteiger partial charge in [-0.15, -0.1) is 0 Å². The van der Waals surface area contributed by atoms with Crippen LogP contribution in [0.5, 0.6) is 0 Å². The first-order valence-electron chi connectivity index (χ1n) is 6.01. The van der Waals surface area contributed by atoms with Gasteiger partial charge in [-0.25, -0.2) is 4.98 Å². The number of rotatable bonds is 5. The van der Waals surface area contributed by atoms with E-state index in [1.807, 2.05) is 13.2 Å². The minimum absolute atomic E-state index is 0.875. The van der Waals surface area contributed by atoms with Crippen LogP contribution in [-0.4, -0.2) is 25.6 Å². The van der Waals surface area contributed by atoms with Gasteiger partial charge in [0.2, 0.25) is 0 Å². The molecular weight excluding hydrogens is 198 g/mol. The zero-order valence-corrected chi connectivity index (χ0v) is 10.4. The smallest absolute Gasteiger partial charge is 0.128 e. The fraction of sp³-hybridized carbons (Fsp3) is 0.615. The van der Waals surface area contributed by atoms with Crippen LogP contribution in [0.3, 0.4) is 0 Å². The van der Waals surface area contributed by atoms with Crippen LogP contribution in [0.1, 0.15) is 18.9 Å². The summed E-state index contributed by atoms with van der Waals surface area (Å²) in [4.78, 5) is 6.70. The standard InChI is InChI=1S/C13H21N3/c1-10-6-12(10)9-16(3)13-7-11(8-14-2)4-5-15-13/h4-5,7,10,12,14H,6,8-9H2,1-3H3. The molecular formula is C13H21N3. The average Bonchev–Trinajstić information content (AvgIpc) is 2.95. The lowest BCUT2D eigenvalue weighted by molar-refractivity contribution is 0.718. The van der Waals surface area contributed by atoms with Gasteiger partial charge in [0.1, 0.15) is 5.82 Å². The van der Waals surface area contributed by atoms with Gasteiger partial charge >= 0.3 is 0 Å². The van der Waals surface area contributed by atoms with E-state index in [1.54, 1.807) is 0 Å². The molecule has 3 nitrogen and oxygen atoms in total. The van der Waals surface area contributed by atoms with Crippen molar-refractivity contribution in [3.05, 3.63) is 23.9 Å². The first-order valence-corrected chi connectivity index (χ1v) is 6.01. The van der Waals surface area contributed by atoms with Crippen molar-refractivity contribution in [1.29, 1.82) is 0 Å². The van der Waals surface area contributed by atoms with Crippen molar-refractivity contribution in [1.82, 2.24) is 10.3 Å². The molecule has 1 aromatic rings. The van der Waals surface area contributed by atoms with Gasteiger partial charge in [-0.05, 0) is 43.0 Å². The maximum absolute atomic E-state index is 4.43. The van der Waals surface area contributed by atoms with Crippen molar-refractivity contribution in [2.45, 2.75) is 19.9 Å². The Morgan fingerprint density at radius 2 is 2.31 bits per heavy atom. The van der Waals surface area contributed by atoms with Crippen LogP contribution in [0, 0.1) is 11.8 Å². The molecule has 0 amide bonds. The van der Waals surface area contributed by atoms with Crippen LogP contribution >= 0.6 is 0 Å². The molecule has 1 fully saturated rings. The van der Waals surface area contributed by atoms with Gasteiger partial charge in [-0.2, -0.15) is 0 Å². The summed E-state index contributed by atoms with van der Waals surface area (Å²) in [7, 11) is 4.10. The quantitative estimate of drug-likeness (QED) is 0.819. The van der Waals surface area contributed by atoms with Crippen LogP contribution < -0.4 is 10.2 Å². The van der Waals surface area contributed by atoms with Crippen LogP contribution in [0.25, 0.3) is 0 Å². The van der Waals surface area contributed by atoms with Crippen molar-refractivity contribution < 1.29 is 0 Å². The molecule has 2 atom stereocenters. The van der Waals surface area contributed by atoms with Gasteiger partial charge in [-0.3, -0.25) is 0 Å². The molecule has 0 saturated heterocycles. The molecule has 0 bridgehead atoms. The van der Waals surface area contributed by atoms with Gasteiger partial charge in [0.05, 0.1) is 0 Å². The number of pyridine rings is 1. The zero-order valence-electron chi connectivity index (χ0n) is 10.4. The summed E-state index contributed by atoms with van der Waals surface area (Å²) in [6.07, 6.45) is 3.27. The summed E-state index contributed by atoms with van der Waals surface area (Å²) in [5.74, 6) is 2.87. The predicted molar refractivity (Wildman–Crippen MR) is 67.5 cm³/mol. The van der Waals surface area contributed by atoms with Gasteiger partial charge in [0.15, 0.2) is 0 Å². The number of anilines is 1. The fourth-order valence-corrected chi connectivity index (χ4v) is 2.08. The summed E-state index contributed by atoms with van der Waals surface area (Å²) in [5, 5.41) is 3.16. The van der Waals surface area contributed by atoms with E-state index in [2.05, 4.69) is 41.3 Å². The van der Waals surface area contributed by atoms with Crippen molar-refractivity contribution in [2.24, 2.45) is 11.8 Å². The van der Waals surface area contributed by atoms with E-state index in [4.69, 9.17) is 0 Å². The molecule has 16 heavy (non-hydrogen) atoms. The Morgan fingerprint density at radius 1 is 1.56 bits per heavy atom. The molecule has 1 aromatic heterocycles. The van der Waals surface area contributed by atoms with Crippen molar-refractivity contribution in [3.63, 3.8) is 0 Å². The summed E-state index contributed by atoms with van der Waals surface area (Å²) in [6.45, 7) is 4.36. The van der Waals surface area contributed by atoms with E-state index in [1.165, 1.54) is 12.0 Å². The lowest BCUT2D eigenvalue weighted by Crippen LogP contribution is -2.21. The Bertz CT molecular complexity index is 351. The van der Waals surface area contributed by atoms with Crippen LogP contribution in [0.15, 0.2) is 18.3 Å². The first-order chi connectivity index (χ1) is 7.70. The van der Waals surface area contributed by atoms with Crippen molar-refractivity contribution in [2.75, 3.05) is 25.5 Å². The number of hydrogen-bond acceptors (Lipinski definition) is 3. The maximum atomic E-state index is 4.43. The highest BCUT2D eigenvalue weighted by atomic mass is 15.2. The zero-order chi connectivity index (χ0) is 11.5. The third-order valence-electron chi connectivity index (χ3n) is 3.37. The first kappa shape index (κ1) is 11.4. The predicted octanol–water partition coefficient (Wildman–Crippen LogP) is 1.89. The average molecular weight is 219 g/mol. The third kappa shape index (κ3) is 2.73. The molecule has 88 valence electrons. The topological polar surface area (TPSA) is 28.2 Å². The molecule has 3 heteroatoms. The minimum Gasteiger partial charge on any atom is -0.359 e. The Kier molecular flexibility index (Phi) is 3.44. The monoisotopic (exact) mass is 219 g/mol. The summed E-state index contributed by atoms with van der Waals surface area (Å²) < 4.78 is 0. The van der Waals surface area contributed by atoms with E-state index >= 15 is 0 Å². The lowest BCUT2D eigenvalue weighted by atomic mass is 10.2. The molecule has 1 heterocycles. The van der Waals surface area contributed by atoms with Gasteiger partial charge in [0.25, 0.3) is 0 Å². The molecule has 0 aliphatic heterocycles. The van der Waals surface area contributed by atoms with Crippen LogP contribution in [0.4, 0.5) is 5.82 Å². The van der Waals surface area contributed by atoms with Gasteiger partial charge in [-0.1, -0.05) is 6.92 Å². The van der Waals surface area contributed by atoms with E-state index in [9.17, 15) is 0 Å².